The van der Waals surface area contributed by atoms with Crippen molar-refractivity contribution in [2.75, 3.05) is 6.61 Å². The normalized spacial score (nSPS) is 12.5. The van der Waals surface area contributed by atoms with Crippen LogP contribution in [0.5, 0.6) is 5.75 Å². The molecule has 0 aliphatic heterocycles. The third kappa shape index (κ3) is 3.70. The van der Waals surface area contributed by atoms with Crippen LogP contribution in [-0.4, -0.2) is 36.9 Å². The van der Waals surface area contributed by atoms with Gasteiger partial charge >= 0.3 is 5.69 Å². The standard InChI is InChI=1S/C15H14Br2N4O4/c1-20-12-11(13(23)19-15(20)24)21(14(17)18-12)6-9(22)7-25-10-4-2-8(16)3-5-10/h2-5,9,22H,6-7H2,1H3,(H,19,23,24). The number of aliphatic hydroxyl groups is 1. The summed E-state index contributed by atoms with van der Waals surface area (Å²) >= 11 is 6.60. The maximum absolute atomic E-state index is 12.1. The average Bonchev–Trinajstić information content (AvgIpc) is 2.89. The molecule has 8 nitrogen and oxygen atoms in total. The number of fused-ring (bicyclic) bond motifs is 1. The first-order valence-corrected chi connectivity index (χ1v) is 8.87. The number of hydrogen-bond acceptors (Lipinski definition) is 5. The number of nitrogens with zero attached hydrogens (tertiary/aromatic N) is 3. The van der Waals surface area contributed by atoms with Gasteiger partial charge in [-0.2, -0.15) is 0 Å². The molecule has 0 spiro atoms. The SMILES string of the molecule is Cn1c(=O)[nH]c(=O)c2c1nc(Br)n2CC(O)COc1ccc(Br)cc1. The van der Waals surface area contributed by atoms with Crippen LogP contribution in [-0.2, 0) is 13.6 Å². The first-order valence-electron chi connectivity index (χ1n) is 7.28. The van der Waals surface area contributed by atoms with Crippen molar-refractivity contribution in [2.24, 2.45) is 7.05 Å². The highest BCUT2D eigenvalue weighted by Crippen LogP contribution is 2.18. The average molecular weight is 474 g/mol. The van der Waals surface area contributed by atoms with Crippen LogP contribution in [0.4, 0.5) is 0 Å². The van der Waals surface area contributed by atoms with Crippen molar-refractivity contribution in [3.63, 3.8) is 0 Å². The Bertz CT molecular complexity index is 1020. The van der Waals surface area contributed by atoms with E-state index in [1.165, 1.54) is 16.2 Å². The largest absolute Gasteiger partial charge is 0.491 e. The molecule has 3 rings (SSSR count). The van der Waals surface area contributed by atoms with Crippen LogP contribution in [0.25, 0.3) is 11.2 Å². The summed E-state index contributed by atoms with van der Waals surface area (Å²) in [6, 6.07) is 7.23. The molecule has 0 radical (unpaired) electrons. The Morgan fingerprint density at radius 3 is 2.64 bits per heavy atom. The van der Waals surface area contributed by atoms with Crippen LogP contribution < -0.4 is 16.0 Å². The summed E-state index contributed by atoms with van der Waals surface area (Å²) in [5, 5.41) is 10.3. The molecule has 132 valence electrons. The van der Waals surface area contributed by atoms with E-state index in [1.54, 1.807) is 12.1 Å². The Labute approximate surface area is 158 Å². The zero-order valence-electron chi connectivity index (χ0n) is 13.1. The van der Waals surface area contributed by atoms with Gasteiger partial charge in [-0.1, -0.05) is 15.9 Å². The zero-order valence-corrected chi connectivity index (χ0v) is 16.2. The van der Waals surface area contributed by atoms with Crippen molar-refractivity contribution in [1.82, 2.24) is 19.1 Å². The molecule has 25 heavy (non-hydrogen) atoms. The van der Waals surface area contributed by atoms with E-state index in [-0.39, 0.29) is 24.3 Å². The molecule has 1 unspecified atom stereocenters. The van der Waals surface area contributed by atoms with Gasteiger partial charge in [0, 0.05) is 11.5 Å². The summed E-state index contributed by atoms with van der Waals surface area (Å²) < 4.78 is 9.55. The van der Waals surface area contributed by atoms with Crippen LogP contribution in [0.15, 0.2) is 43.1 Å². The van der Waals surface area contributed by atoms with Crippen LogP contribution in [0, 0.1) is 0 Å². The van der Waals surface area contributed by atoms with Gasteiger partial charge in [-0.15, -0.1) is 0 Å². The number of imidazole rings is 1. The fourth-order valence-corrected chi connectivity index (χ4v) is 3.12. The van der Waals surface area contributed by atoms with E-state index in [0.29, 0.717) is 10.5 Å². The molecule has 0 aliphatic rings. The molecule has 3 aromatic rings. The second kappa shape index (κ2) is 7.14. The lowest BCUT2D eigenvalue weighted by Gasteiger charge is -2.14. The summed E-state index contributed by atoms with van der Waals surface area (Å²) in [6.45, 7) is 0.117. The van der Waals surface area contributed by atoms with Gasteiger partial charge in [0.1, 0.15) is 18.5 Å². The maximum Gasteiger partial charge on any atom is 0.329 e. The second-order valence-electron chi connectivity index (χ2n) is 5.40. The third-order valence-corrected chi connectivity index (χ3v) is 4.74. The van der Waals surface area contributed by atoms with Gasteiger partial charge < -0.3 is 14.4 Å². The van der Waals surface area contributed by atoms with E-state index in [0.717, 1.165) is 4.47 Å². The first-order chi connectivity index (χ1) is 11.9. The Kier molecular flexibility index (Phi) is 5.11. The van der Waals surface area contributed by atoms with E-state index in [1.807, 2.05) is 12.1 Å². The number of ether oxygens (including phenoxy) is 1. The smallest absolute Gasteiger partial charge is 0.329 e. The van der Waals surface area contributed by atoms with Crippen molar-refractivity contribution in [1.29, 1.82) is 0 Å². The fourth-order valence-electron chi connectivity index (χ4n) is 2.36. The maximum atomic E-state index is 12.1. The van der Waals surface area contributed by atoms with Gasteiger partial charge in [-0.25, -0.2) is 9.78 Å². The molecule has 10 heteroatoms. The molecule has 2 heterocycles. The van der Waals surface area contributed by atoms with E-state index in [9.17, 15) is 14.7 Å². The Morgan fingerprint density at radius 1 is 1.28 bits per heavy atom. The summed E-state index contributed by atoms with van der Waals surface area (Å²) in [4.78, 5) is 30.2. The highest BCUT2D eigenvalue weighted by Gasteiger charge is 2.18. The molecule has 0 amide bonds. The fraction of sp³-hybridized carbons (Fsp3) is 0.267. The third-order valence-electron chi connectivity index (χ3n) is 3.61. The number of aryl methyl sites for hydroxylation is 1. The summed E-state index contributed by atoms with van der Waals surface area (Å²) in [6.07, 6.45) is -0.881. The molecule has 1 aromatic carbocycles. The molecular formula is C15H14Br2N4O4. The summed E-state index contributed by atoms with van der Waals surface area (Å²) in [7, 11) is 1.51. The Hall–Kier alpha value is -1.91. The second-order valence-corrected chi connectivity index (χ2v) is 7.03. The highest BCUT2D eigenvalue weighted by atomic mass is 79.9. The number of rotatable bonds is 5. The number of aromatic amines is 1. The minimum atomic E-state index is -0.881. The van der Waals surface area contributed by atoms with Gasteiger partial charge in [-0.05, 0) is 40.2 Å². The van der Waals surface area contributed by atoms with E-state index < -0.39 is 17.4 Å². The Morgan fingerprint density at radius 2 is 1.96 bits per heavy atom. The molecule has 0 fully saturated rings. The lowest BCUT2D eigenvalue weighted by atomic mass is 10.3. The predicted octanol–water partition coefficient (Wildman–Crippen LogP) is 1.39. The minimum Gasteiger partial charge on any atom is -0.491 e. The lowest BCUT2D eigenvalue weighted by molar-refractivity contribution is 0.0928. The number of aliphatic hydroxyl groups excluding tert-OH is 1. The minimum absolute atomic E-state index is 0.0391. The van der Waals surface area contributed by atoms with E-state index in [2.05, 4.69) is 41.8 Å². The van der Waals surface area contributed by atoms with E-state index >= 15 is 0 Å². The van der Waals surface area contributed by atoms with Gasteiger partial charge in [0.25, 0.3) is 5.56 Å². The van der Waals surface area contributed by atoms with Crippen molar-refractivity contribution in [2.45, 2.75) is 12.6 Å². The molecule has 2 aromatic heterocycles. The van der Waals surface area contributed by atoms with E-state index in [4.69, 9.17) is 4.74 Å². The molecular weight excluding hydrogens is 460 g/mol. The van der Waals surface area contributed by atoms with Gasteiger partial charge in [-0.3, -0.25) is 14.3 Å². The highest BCUT2D eigenvalue weighted by molar-refractivity contribution is 9.10. The van der Waals surface area contributed by atoms with Crippen LogP contribution in [0.3, 0.4) is 0 Å². The number of benzene rings is 1. The number of hydrogen-bond donors (Lipinski definition) is 2. The van der Waals surface area contributed by atoms with Crippen LogP contribution in [0.2, 0.25) is 0 Å². The lowest BCUT2D eigenvalue weighted by Crippen LogP contribution is -2.30. The first kappa shape index (κ1) is 17.9. The van der Waals surface area contributed by atoms with Gasteiger partial charge in [0.15, 0.2) is 15.9 Å². The predicted molar refractivity (Wildman–Crippen MR) is 98.9 cm³/mol. The summed E-state index contributed by atoms with van der Waals surface area (Å²) in [5.41, 5.74) is -0.663. The molecule has 0 saturated heterocycles. The van der Waals surface area contributed by atoms with Gasteiger partial charge in [0.05, 0.1) is 6.54 Å². The molecule has 0 aliphatic carbocycles. The van der Waals surface area contributed by atoms with Crippen LogP contribution >= 0.6 is 31.9 Å². The number of aromatic nitrogens is 4. The zero-order chi connectivity index (χ0) is 18.1. The van der Waals surface area contributed by atoms with Crippen molar-refractivity contribution in [3.05, 3.63) is 54.3 Å². The van der Waals surface area contributed by atoms with Gasteiger partial charge in [0.2, 0.25) is 0 Å². The number of halogens is 2. The molecule has 2 N–H and O–H groups in total. The Balaban J connectivity index is 1.81. The van der Waals surface area contributed by atoms with Crippen LogP contribution in [0.1, 0.15) is 0 Å². The quantitative estimate of drug-likeness (QED) is 0.545. The van der Waals surface area contributed by atoms with Crippen molar-refractivity contribution in [3.8, 4) is 5.75 Å². The van der Waals surface area contributed by atoms with Crippen molar-refractivity contribution < 1.29 is 9.84 Å². The van der Waals surface area contributed by atoms with Crippen molar-refractivity contribution >= 4 is 43.0 Å². The summed E-state index contributed by atoms with van der Waals surface area (Å²) in [5.74, 6) is 0.622. The number of H-pyrrole nitrogens is 1. The number of nitrogens with one attached hydrogen (secondary N) is 1. The molecule has 0 bridgehead atoms. The topological polar surface area (TPSA) is 102 Å². The monoisotopic (exact) mass is 472 g/mol. The molecule has 0 saturated carbocycles. The molecule has 1 atom stereocenters.